The molecule has 0 bridgehead atoms. The molecule has 0 aliphatic heterocycles. The summed E-state index contributed by atoms with van der Waals surface area (Å²) in [5.74, 6) is -0.879. The predicted molar refractivity (Wildman–Crippen MR) is 63.9 cm³/mol. The predicted octanol–water partition coefficient (Wildman–Crippen LogP) is 4.08. The minimum atomic E-state index is -0.580. The minimum Gasteiger partial charge on any atom is -0.288 e. The van der Waals surface area contributed by atoms with Gasteiger partial charge in [0.1, 0.15) is 5.82 Å². The van der Waals surface area contributed by atoms with Crippen molar-refractivity contribution in [1.82, 2.24) is 0 Å². The van der Waals surface area contributed by atoms with E-state index >= 15 is 0 Å². The number of halogens is 2. The minimum absolute atomic E-state index is 0.0610. The van der Waals surface area contributed by atoms with Crippen LogP contribution >= 0.6 is 22.9 Å². The van der Waals surface area contributed by atoms with Crippen LogP contribution in [0.1, 0.15) is 20.8 Å². The molecule has 0 amide bonds. The highest BCUT2D eigenvalue weighted by atomic mass is 35.5. The number of carbonyl (C=O) groups excluding carboxylic acids is 1. The molecule has 0 atom stereocenters. The van der Waals surface area contributed by atoms with E-state index in [9.17, 15) is 9.18 Å². The molecule has 4 heteroatoms. The van der Waals surface area contributed by atoms with Crippen LogP contribution in [-0.2, 0) is 0 Å². The molecule has 0 aliphatic rings. The van der Waals surface area contributed by atoms with Crippen molar-refractivity contribution in [3.63, 3.8) is 0 Å². The van der Waals surface area contributed by atoms with Crippen molar-refractivity contribution in [2.24, 2.45) is 0 Å². The molecule has 2 rings (SSSR count). The molecule has 0 unspecified atom stereocenters. The highest BCUT2D eigenvalue weighted by Crippen LogP contribution is 2.22. The molecule has 1 heterocycles. The summed E-state index contributed by atoms with van der Waals surface area (Å²) in [5, 5.41) is 2.10. The summed E-state index contributed by atoms with van der Waals surface area (Å²) in [6, 6.07) is 5.78. The maximum absolute atomic E-state index is 13.5. The van der Waals surface area contributed by atoms with Crippen molar-refractivity contribution in [2.75, 3.05) is 0 Å². The molecular formula is C12H8ClFOS. The summed E-state index contributed by atoms with van der Waals surface area (Å²) in [5.41, 5.74) is 0.608. The molecule has 0 saturated carbocycles. The van der Waals surface area contributed by atoms with Gasteiger partial charge in [0.05, 0.1) is 5.56 Å². The van der Waals surface area contributed by atoms with Gasteiger partial charge < -0.3 is 0 Å². The van der Waals surface area contributed by atoms with Crippen LogP contribution in [0, 0.1) is 12.7 Å². The molecule has 0 fully saturated rings. The zero-order valence-electron chi connectivity index (χ0n) is 8.46. The average molecular weight is 255 g/mol. The Bertz CT molecular complexity index is 548. The fraction of sp³-hybridized carbons (Fsp3) is 0.0833. The van der Waals surface area contributed by atoms with Crippen LogP contribution in [0.4, 0.5) is 4.39 Å². The van der Waals surface area contributed by atoms with Crippen molar-refractivity contribution in [3.05, 3.63) is 56.5 Å². The molecule has 16 heavy (non-hydrogen) atoms. The first-order chi connectivity index (χ1) is 7.59. The third kappa shape index (κ3) is 2.01. The summed E-state index contributed by atoms with van der Waals surface area (Å²) in [6.45, 7) is 1.84. The molecule has 1 nitrogen and oxygen atoms in total. The Morgan fingerprint density at radius 2 is 2.06 bits per heavy atom. The highest BCUT2D eigenvalue weighted by molar-refractivity contribution is 7.10. The van der Waals surface area contributed by atoms with Gasteiger partial charge >= 0.3 is 0 Å². The summed E-state index contributed by atoms with van der Waals surface area (Å²) >= 11 is 7.10. The summed E-state index contributed by atoms with van der Waals surface area (Å²) in [4.78, 5) is 12.9. The first kappa shape index (κ1) is 11.3. The zero-order chi connectivity index (χ0) is 11.7. The summed E-state index contributed by atoms with van der Waals surface area (Å²) < 4.78 is 13.5. The van der Waals surface area contributed by atoms with Crippen molar-refractivity contribution < 1.29 is 9.18 Å². The number of aryl methyl sites for hydroxylation is 1. The van der Waals surface area contributed by atoms with Gasteiger partial charge in [-0.15, -0.1) is 11.3 Å². The molecule has 0 spiro atoms. The molecule has 1 aromatic carbocycles. The van der Waals surface area contributed by atoms with Gasteiger partial charge in [-0.3, -0.25) is 4.79 Å². The van der Waals surface area contributed by atoms with Crippen LogP contribution < -0.4 is 0 Å². The normalized spacial score (nSPS) is 10.4. The lowest BCUT2D eigenvalue weighted by molar-refractivity contribution is 0.103. The number of hydrogen-bond donors (Lipinski definition) is 0. The van der Waals surface area contributed by atoms with Gasteiger partial charge in [-0.05, 0) is 36.6 Å². The Balaban J connectivity index is 2.46. The smallest absolute Gasteiger partial charge is 0.197 e. The number of rotatable bonds is 2. The van der Waals surface area contributed by atoms with E-state index in [1.807, 2.05) is 12.3 Å². The van der Waals surface area contributed by atoms with Gasteiger partial charge in [-0.1, -0.05) is 11.6 Å². The fourth-order valence-electron chi connectivity index (χ4n) is 1.44. The molecule has 0 radical (unpaired) electrons. The van der Waals surface area contributed by atoms with Crippen LogP contribution in [0.15, 0.2) is 29.6 Å². The van der Waals surface area contributed by atoms with E-state index in [-0.39, 0.29) is 16.4 Å². The lowest BCUT2D eigenvalue weighted by atomic mass is 10.0. The van der Waals surface area contributed by atoms with Crippen molar-refractivity contribution >= 4 is 28.7 Å². The van der Waals surface area contributed by atoms with E-state index < -0.39 is 5.82 Å². The third-order valence-electron chi connectivity index (χ3n) is 2.28. The molecular weight excluding hydrogens is 247 g/mol. The largest absolute Gasteiger partial charge is 0.288 e. The number of hydrogen-bond acceptors (Lipinski definition) is 2. The van der Waals surface area contributed by atoms with Gasteiger partial charge in [0, 0.05) is 15.5 Å². The molecule has 0 saturated heterocycles. The monoisotopic (exact) mass is 254 g/mol. The van der Waals surface area contributed by atoms with Gasteiger partial charge in [0.15, 0.2) is 5.78 Å². The Kier molecular flexibility index (Phi) is 3.08. The molecule has 2 aromatic rings. The van der Waals surface area contributed by atoms with Crippen LogP contribution in [0.25, 0.3) is 0 Å². The van der Waals surface area contributed by atoms with Crippen LogP contribution in [0.5, 0.6) is 0 Å². The second-order valence-electron chi connectivity index (χ2n) is 3.34. The van der Waals surface area contributed by atoms with Gasteiger partial charge in [0.2, 0.25) is 0 Å². The first-order valence-electron chi connectivity index (χ1n) is 4.63. The van der Waals surface area contributed by atoms with Gasteiger partial charge in [-0.2, -0.15) is 0 Å². The topological polar surface area (TPSA) is 17.1 Å². The second kappa shape index (κ2) is 4.36. The quantitative estimate of drug-likeness (QED) is 0.738. The Morgan fingerprint density at radius 3 is 2.62 bits per heavy atom. The third-order valence-corrected chi connectivity index (χ3v) is 3.36. The number of carbonyl (C=O) groups is 1. The van der Waals surface area contributed by atoms with E-state index in [1.165, 1.54) is 23.5 Å². The lowest BCUT2D eigenvalue weighted by Gasteiger charge is -2.02. The fourth-order valence-corrected chi connectivity index (χ4v) is 2.29. The maximum Gasteiger partial charge on any atom is 0.197 e. The number of ketones is 1. The number of thiophene rings is 1. The highest BCUT2D eigenvalue weighted by Gasteiger charge is 2.16. The Hall–Kier alpha value is -1.19. The van der Waals surface area contributed by atoms with Crippen LogP contribution in [0.3, 0.4) is 0 Å². The van der Waals surface area contributed by atoms with Crippen LogP contribution in [0.2, 0.25) is 5.02 Å². The molecule has 1 aromatic heterocycles. The van der Waals surface area contributed by atoms with E-state index in [4.69, 9.17) is 11.6 Å². The van der Waals surface area contributed by atoms with E-state index in [1.54, 1.807) is 6.07 Å². The molecule has 82 valence electrons. The van der Waals surface area contributed by atoms with Gasteiger partial charge in [-0.25, -0.2) is 4.39 Å². The van der Waals surface area contributed by atoms with E-state index in [2.05, 4.69) is 0 Å². The Morgan fingerprint density at radius 1 is 1.31 bits per heavy atom. The van der Waals surface area contributed by atoms with Crippen LogP contribution in [-0.4, -0.2) is 5.78 Å². The van der Waals surface area contributed by atoms with Crippen molar-refractivity contribution in [3.8, 4) is 0 Å². The first-order valence-corrected chi connectivity index (χ1v) is 5.89. The molecule has 0 aliphatic carbocycles. The van der Waals surface area contributed by atoms with Crippen molar-refractivity contribution in [1.29, 1.82) is 0 Å². The van der Waals surface area contributed by atoms with Crippen molar-refractivity contribution in [2.45, 2.75) is 6.92 Å². The average Bonchev–Trinajstić information content (AvgIpc) is 2.63. The summed E-state index contributed by atoms with van der Waals surface area (Å²) in [7, 11) is 0. The summed E-state index contributed by atoms with van der Waals surface area (Å²) in [6.07, 6.45) is 0. The number of benzene rings is 1. The maximum atomic E-state index is 13.5. The van der Waals surface area contributed by atoms with Gasteiger partial charge in [0.25, 0.3) is 0 Å². The second-order valence-corrected chi connectivity index (χ2v) is 4.90. The van der Waals surface area contributed by atoms with E-state index in [0.29, 0.717) is 5.56 Å². The van der Waals surface area contributed by atoms with E-state index in [0.717, 1.165) is 10.9 Å². The molecule has 0 N–H and O–H groups in total. The lowest BCUT2D eigenvalue weighted by Crippen LogP contribution is -2.04. The SMILES string of the molecule is Cc1sccc1C(=O)c1ccc(Cl)cc1F. The standard InChI is InChI=1S/C12H8ClFOS/c1-7-9(4-5-16-7)12(15)10-3-2-8(13)6-11(10)14/h2-6H,1H3. The Labute approximate surface area is 101 Å². The zero-order valence-corrected chi connectivity index (χ0v) is 10.0.